The number of thiol groups is 1. The van der Waals surface area contributed by atoms with Gasteiger partial charge in [0, 0.05) is 5.69 Å². The number of hydrogen-bond acceptors (Lipinski definition) is 4. The summed E-state index contributed by atoms with van der Waals surface area (Å²) in [5.41, 5.74) is 5.28. The van der Waals surface area contributed by atoms with E-state index in [0.717, 1.165) is 22.4 Å². The van der Waals surface area contributed by atoms with Crippen LogP contribution in [0.4, 0.5) is 5.69 Å². The van der Waals surface area contributed by atoms with Gasteiger partial charge in [0.05, 0.1) is 5.03 Å². The molecule has 0 aromatic heterocycles. The van der Waals surface area contributed by atoms with E-state index in [1.54, 1.807) is 0 Å². The van der Waals surface area contributed by atoms with E-state index < -0.39 is 12.1 Å². The van der Waals surface area contributed by atoms with Crippen LogP contribution in [0, 0.1) is 25.2 Å². The van der Waals surface area contributed by atoms with E-state index in [2.05, 4.69) is 56.9 Å². The summed E-state index contributed by atoms with van der Waals surface area (Å²) in [6.45, 7) is 10.5. The highest BCUT2D eigenvalue weighted by molar-refractivity contribution is 7.84. The summed E-state index contributed by atoms with van der Waals surface area (Å²) < 4.78 is 0. The zero-order chi connectivity index (χ0) is 20.6. The lowest BCUT2D eigenvalue weighted by Crippen LogP contribution is -2.46. The number of rotatable bonds is 2. The smallest absolute Gasteiger partial charge is 0.266 e. The van der Waals surface area contributed by atoms with Gasteiger partial charge in [-0.15, -0.1) is 12.6 Å². The number of carbonyl (C=O) groups is 1. The maximum atomic E-state index is 12.5. The van der Waals surface area contributed by atoms with Gasteiger partial charge in [-0.25, -0.2) is 0 Å². The number of hydrogen-bond donors (Lipinski definition) is 2. The normalized spacial score (nSPS) is 17.4. The van der Waals surface area contributed by atoms with E-state index in [0.29, 0.717) is 5.03 Å². The van der Waals surface area contributed by atoms with Crippen LogP contribution in [0.2, 0.25) is 0 Å². The third-order valence-electron chi connectivity index (χ3n) is 5.03. The summed E-state index contributed by atoms with van der Waals surface area (Å²) in [7, 11) is 0. The van der Waals surface area contributed by atoms with Crippen LogP contribution in [0.15, 0.2) is 53.1 Å². The van der Waals surface area contributed by atoms with Gasteiger partial charge < -0.3 is 10.2 Å². The minimum atomic E-state index is -0.438. The molecule has 5 heteroatoms. The van der Waals surface area contributed by atoms with Gasteiger partial charge in [-0.3, -0.25) is 4.79 Å². The fourth-order valence-electron chi connectivity index (χ4n) is 3.34. The Balaban J connectivity index is 2.16. The molecule has 0 bridgehead atoms. The number of nitrogens with one attached hydrogen (secondary N) is 1. The van der Waals surface area contributed by atoms with E-state index >= 15 is 0 Å². The number of amides is 1. The van der Waals surface area contributed by atoms with Crippen molar-refractivity contribution >= 4 is 24.2 Å². The summed E-state index contributed by atoms with van der Waals surface area (Å²) in [4.78, 5) is 14.4. The number of nitriles is 1. The van der Waals surface area contributed by atoms with Crippen LogP contribution in [-0.4, -0.2) is 5.91 Å². The molecule has 3 rings (SSSR count). The molecule has 0 spiro atoms. The molecule has 2 aromatic carbocycles. The number of carbonyl (C=O) groups excluding carboxylic acids is 1. The third-order valence-corrected chi connectivity index (χ3v) is 5.47. The topological polar surface area (TPSA) is 56.1 Å². The Kier molecular flexibility index (Phi) is 5.27. The number of anilines is 1. The van der Waals surface area contributed by atoms with Gasteiger partial charge in [0.15, 0.2) is 0 Å². The lowest BCUT2D eigenvalue weighted by molar-refractivity contribution is -0.118. The van der Waals surface area contributed by atoms with Crippen LogP contribution in [0.3, 0.4) is 0 Å². The first-order valence-corrected chi connectivity index (χ1v) is 9.69. The maximum Gasteiger partial charge on any atom is 0.266 e. The van der Waals surface area contributed by atoms with E-state index in [-0.39, 0.29) is 11.0 Å². The Morgan fingerprint density at radius 3 is 2.32 bits per heavy atom. The first-order valence-electron chi connectivity index (χ1n) is 9.24. The van der Waals surface area contributed by atoms with Crippen molar-refractivity contribution in [3.63, 3.8) is 0 Å². The lowest BCUT2D eigenvalue weighted by atomic mass is 9.86. The second-order valence-electron chi connectivity index (χ2n) is 8.22. The van der Waals surface area contributed by atoms with Crippen LogP contribution in [0.25, 0.3) is 0 Å². The van der Waals surface area contributed by atoms with Crippen molar-refractivity contribution in [1.29, 1.82) is 5.26 Å². The van der Waals surface area contributed by atoms with Gasteiger partial charge in [-0.05, 0) is 47.6 Å². The third kappa shape index (κ3) is 3.65. The second-order valence-corrected chi connectivity index (χ2v) is 8.64. The first kappa shape index (κ1) is 20.0. The molecular weight excluding hydrogens is 366 g/mol. The van der Waals surface area contributed by atoms with Gasteiger partial charge in [0.25, 0.3) is 5.91 Å². The van der Waals surface area contributed by atoms with Crippen LogP contribution in [-0.2, 0) is 10.2 Å². The van der Waals surface area contributed by atoms with Gasteiger partial charge in [-0.1, -0.05) is 57.2 Å². The SMILES string of the molecule is Cc1ccc(C)c(N2C(S)=C(C#N)C(=O)NC2c2ccc(C(C)(C)C)cc2)c1. The second kappa shape index (κ2) is 7.37. The zero-order valence-corrected chi connectivity index (χ0v) is 17.8. The Bertz CT molecular complexity index is 994. The van der Waals surface area contributed by atoms with Gasteiger partial charge in [0.1, 0.15) is 17.8 Å². The van der Waals surface area contributed by atoms with Gasteiger partial charge >= 0.3 is 0 Å². The molecule has 1 N–H and O–H groups in total. The van der Waals surface area contributed by atoms with Crippen LogP contribution < -0.4 is 10.2 Å². The predicted octanol–water partition coefficient (Wildman–Crippen LogP) is 4.90. The quantitative estimate of drug-likeness (QED) is 0.716. The molecule has 1 aliphatic heterocycles. The summed E-state index contributed by atoms with van der Waals surface area (Å²) >= 11 is 4.58. The summed E-state index contributed by atoms with van der Waals surface area (Å²) in [6.07, 6.45) is -0.438. The average molecular weight is 392 g/mol. The molecule has 1 heterocycles. The number of aryl methyl sites for hydroxylation is 2. The largest absolute Gasteiger partial charge is 0.327 e. The fraction of sp³-hybridized carbons (Fsp3) is 0.304. The molecule has 28 heavy (non-hydrogen) atoms. The highest BCUT2D eigenvalue weighted by atomic mass is 32.1. The lowest BCUT2D eigenvalue weighted by Gasteiger charge is -2.39. The van der Waals surface area contributed by atoms with E-state index in [9.17, 15) is 10.1 Å². The molecule has 4 nitrogen and oxygen atoms in total. The molecule has 144 valence electrons. The average Bonchev–Trinajstić information content (AvgIpc) is 2.63. The van der Waals surface area contributed by atoms with Crippen molar-refractivity contribution in [2.24, 2.45) is 0 Å². The molecule has 1 aliphatic rings. The molecular formula is C23H25N3OS. The van der Waals surface area contributed by atoms with Gasteiger partial charge in [-0.2, -0.15) is 5.26 Å². The molecule has 2 aromatic rings. The van der Waals surface area contributed by atoms with Crippen molar-refractivity contribution in [1.82, 2.24) is 5.32 Å². The summed E-state index contributed by atoms with van der Waals surface area (Å²) in [5, 5.41) is 12.8. The molecule has 0 saturated carbocycles. The minimum absolute atomic E-state index is 0.0202. The van der Waals surface area contributed by atoms with Crippen molar-refractivity contribution in [3.8, 4) is 6.07 Å². The van der Waals surface area contributed by atoms with Crippen molar-refractivity contribution < 1.29 is 4.79 Å². The molecule has 1 amide bonds. The molecule has 1 atom stereocenters. The Labute approximate surface area is 172 Å². The first-order chi connectivity index (χ1) is 13.1. The molecule has 1 unspecified atom stereocenters. The molecule has 0 radical (unpaired) electrons. The van der Waals surface area contributed by atoms with Crippen molar-refractivity contribution in [2.75, 3.05) is 4.90 Å². The molecule has 0 saturated heterocycles. The van der Waals surface area contributed by atoms with E-state index in [4.69, 9.17) is 0 Å². The number of benzene rings is 2. The van der Waals surface area contributed by atoms with Crippen LogP contribution in [0.5, 0.6) is 0 Å². The Morgan fingerprint density at radius 2 is 1.75 bits per heavy atom. The number of nitrogens with zero attached hydrogens (tertiary/aromatic N) is 2. The van der Waals surface area contributed by atoms with Crippen LogP contribution in [0.1, 0.15) is 49.2 Å². The zero-order valence-electron chi connectivity index (χ0n) is 16.9. The summed E-state index contributed by atoms with van der Waals surface area (Å²) in [6, 6.07) is 16.4. The van der Waals surface area contributed by atoms with Gasteiger partial charge in [0.2, 0.25) is 0 Å². The highest BCUT2D eigenvalue weighted by Gasteiger charge is 2.34. The van der Waals surface area contributed by atoms with Crippen molar-refractivity contribution in [2.45, 2.75) is 46.2 Å². The highest BCUT2D eigenvalue weighted by Crippen LogP contribution is 2.38. The molecule has 0 fully saturated rings. The summed E-state index contributed by atoms with van der Waals surface area (Å²) in [5.74, 6) is -0.404. The fourth-order valence-corrected chi connectivity index (χ4v) is 3.71. The predicted molar refractivity (Wildman–Crippen MR) is 116 cm³/mol. The maximum absolute atomic E-state index is 12.5. The molecule has 0 aliphatic carbocycles. The minimum Gasteiger partial charge on any atom is -0.327 e. The van der Waals surface area contributed by atoms with E-state index in [1.807, 2.05) is 49.1 Å². The standard InChI is InChI=1S/C23H25N3OS/c1-14-6-7-15(2)19(12-14)26-20(25-21(27)18(13-24)22(26)28)16-8-10-17(11-9-16)23(3,4)5/h6-12,20,28H,1-5H3,(H,25,27). The Morgan fingerprint density at radius 1 is 1.11 bits per heavy atom. The van der Waals surface area contributed by atoms with Crippen LogP contribution >= 0.6 is 12.6 Å². The van der Waals surface area contributed by atoms with E-state index in [1.165, 1.54) is 5.56 Å². The van der Waals surface area contributed by atoms with Crippen molar-refractivity contribution in [3.05, 3.63) is 75.3 Å². The monoisotopic (exact) mass is 391 g/mol. The Hall–Kier alpha value is -2.71.